The number of thioether (sulfide) groups is 1. The largest absolute Gasteiger partial charge is 0.379 e. The van der Waals surface area contributed by atoms with E-state index in [1.54, 1.807) is 24.3 Å². The first-order valence-electron chi connectivity index (χ1n) is 10.1. The number of amides is 1. The van der Waals surface area contributed by atoms with Crippen LogP contribution >= 0.6 is 11.8 Å². The summed E-state index contributed by atoms with van der Waals surface area (Å²) in [5, 5.41) is 3.71. The van der Waals surface area contributed by atoms with E-state index in [0.29, 0.717) is 44.0 Å². The molecule has 1 N–H and O–H groups in total. The van der Waals surface area contributed by atoms with Crippen molar-refractivity contribution in [3.8, 4) is 0 Å². The minimum Gasteiger partial charge on any atom is -0.379 e. The molecule has 3 rings (SSSR count). The number of sulfonamides is 1. The topological polar surface area (TPSA) is 75.7 Å². The Hall–Kier alpha value is -1.09. The molecule has 156 valence electrons. The van der Waals surface area contributed by atoms with Crippen LogP contribution < -0.4 is 5.32 Å². The third-order valence-corrected chi connectivity index (χ3v) is 8.45. The average molecular weight is 427 g/mol. The Kier molecular flexibility index (Phi) is 8.20. The zero-order valence-corrected chi connectivity index (χ0v) is 17.9. The molecule has 2 fully saturated rings. The highest BCUT2D eigenvalue weighted by Crippen LogP contribution is 2.27. The van der Waals surface area contributed by atoms with Crippen LogP contribution in [0.3, 0.4) is 0 Å². The van der Waals surface area contributed by atoms with Crippen molar-refractivity contribution in [2.45, 2.75) is 43.1 Å². The SMILES string of the molecule is O=C(NCCSC1CCCCC1)c1ccc(CS(=O)(=O)N2CCOCC2)cc1. The van der Waals surface area contributed by atoms with Gasteiger partial charge in [0.05, 0.1) is 19.0 Å². The van der Waals surface area contributed by atoms with Crippen LogP contribution in [-0.2, 0) is 20.5 Å². The molecule has 1 saturated carbocycles. The highest BCUT2D eigenvalue weighted by atomic mass is 32.2. The monoisotopic (exact) mass is 426 g/mol. The number of nitrogens with zero attached hydrogens (tertiary/aromatic N) is 1. The number of carbonyl (C=O) groups is 1. The van der Waals surface area contributed by atoms with Gasteiger partial charge >= 0.3 is 0 Å². The summed E-state index contributed by atoms with van der Waals surface area (Å²) >= 11 is 1.96. The van der Waals surface area contributed by atoms with Crippen molar-refractivity contribution in [1.82, 2.24) is 9.62 Å². The number of benzene rings is 1. The quantitative estimate of drug-likeness (QED) is 0.647. The number of ether oxygens (including phenoxy) is 1. The number of rotatable bonds is 8. The van der Waals surface area contributed by atoms with Gasteiger partial charge in [0.1, 0.15) is 0 Å². The van der Waals surface area contributed by atoms with Gasteiger partial charge in [0.2, 0.25) is 10.0 Å². The summed E-state index contributed by atoms with van der Waals surface area (Å²) in [6, 6.07) is 6.86. The van der Waals surface area contributed by atoms with Crippen LogP contribution in [0, 0.1) is 0 Å². The number of nitrogens with one attached hydrogen (secondary N) is 1. The summed E-state index contributed by atoms with van der Waals surface area (Å²) in [7, 11) is -3.35. The first-order valence-corrected chi connectivity index (χ1v) is 12.7. The van der Waals surface area contributed by atoms with Crippen molar-refractivity contribution in [2.24, 2.45) is 0 Å². The fraction of sp³-hybridized carbons (Fsp3) is 0.650. The molecular weight excluding hydrogens is 396 g/mol. The van der Waals surface area contributed by atoms with Crippen molar-refractivity contribution in [3.05, 3.63) is 35.4 Å². The summed E-state index contributed by atoms with van der Waals surface area (Å²) in [6.07, 6.45) is 6.62. The molecule has 1 heterocycles. The van der Waals surface area contributed by atoms with Crippen molar-refractivity contribution in [2.75, 3.05) is 38.6 Å². The van der Waals surface area contributed by atoms with Gasteiger partial charge in [0, 0.05) is 36.2 Å². The normalized spacial score (nSPS) is 19.4. The van der Waals surface area contributed by atoms with E-state index in [1.165, 1.54) is 36.4 Å². The lowest BCUT2D eigenvalue weighted by Crippen LogP contribution is -2.41. The van der Waals surface area contributed by atoms with Crippen LogP contribution in [0.15, 0.2) is 24.3 Å². The highest BCUT2D eigenvalue weighted by Gasteiger charge is 2.24. The maximum absolute atomic E-state index is 12.5. The third kappa shape index (κ3) is 6.47. The van der Waals surface area contributed by atoms with Crippen molar-refractivity contribution >= 4 is 27.7 Å². The van der Waals surface area contributed by atoms with E-state index >= 15 is 0 Å². The first kappa shape index (κ1) is 21.6. The molecule has 1 aromatic carbocycles. The third-order valence-electron chi connectivity index (χ3n) is 5.22. The summed E-state index contributed by atoms with van der Waals surface area (Å²) < 4.78 is 31.6. The van der Waals surface area contributed by atoms with Crippen LogP contribution in [-0.4, -0.2) is 62.5 Å². The summed E-state index contributed by atoms with van der Waals surface area (Å²) in [6.45, 7) is 2.35. The molecule has 28 heavy (non-hydrogen) atoms. The molecule has 1 amide bonds. The number of morpholine rings is 1. The standard InChI is InChI=1S/C20H30N2O4S2/c23-20(21-10-15-27-19-4-2-1-3-5-19)18-8-6-17(7-9-18)16-28(24,25)22-11-13-26-14-12-22/h6-9,19H,1-5,10-16H2,(H,21,23). The Morgan fingerprint density at radius 1 is 1.11 bits per heavy atom. The second kappa shape index (κ2) is 10.6. The fourth-order valence-electron chi connectivity index (χ4n) is 3.60. The van der Waals surface area contributed by atoms with Crippen LogP contribution in [0.5, 0.6) is 0 Å². The van der Waals surface area contributed by atoms with Crippen molar-refractivity contribution < 1.29 is 17.9 Å². The molecule has 2 aliphatic rings. The molecule has 1 aliphatic carbocycles. The van der Waals surface area contributed by atoms with E-state index in [2.05, 4.69) is 5.32 Å². The summed E-state index contributed by atoms with van der Waals surface area (Å²) in [4.78, 5) is 12.3. The summed E-state index contributed by atoms with van der Waals surface area (Å²) in [5.41, 5.74) is 1.26. The lowest BCUT2D eigenvalue weighted by molar-refractivity contribution is 0.0729. The number of hydrogen-bond donors (Lipinski definition) is 1. The Morgan fingerprint density at radius 3 is 2.46 bits per heavy atom. The van der Waals surface area contributed by atoms with Crippen molar-refractivity contribution in [1.29, 1.82) is 0 Å². The molecule has 1 aliphatic heterocycles. The van der Waals surface area contributed by atoms with Gasteiger partial charge in [-0.25, -0.2) is 8.42 Å². The lowest BCUT2D eigenvalue weighted by Gasteiger charge is -2.26. The second-order valence-corrected chi connectivity index (χ2v) is 10.7. The van der Waals surface area contributed by atoms with E-state index in [1.807, 2.05) is 11.8 Å². The summed E-state index contributed by atoms with van der Waals surface area (Å²) in [5.74, 6) is 0.783. The van der Waals surface area contributed by atoms with Gasteiger partial charge in [0.15, 0.2) is 0 Å². The Bertz CT molecular complexity index is 725. The fourth-order valence-corrected chi connectivity index (χ4v) is 6.32. The first-order chi connectivity index (χ1) is 13.5. The zero-order valence-electron chi connectivity index (χ0n) is 16.3. The minimum atomic E-state index is -3.35. The number of hydrogen-bond acceptors (Lipinski definition) is 5. The van der Waals surface area contributed by atoms with E-state index in [4.69, 9.17) is 4.74 Å². The van der Waals surface area contributed by atoms with E-state index < -0.39 is 10.0 Å². The van der Waals surface area contributed by atoms with Gasteiger partial charge in [-0.1, -0.05) is 31.4 Å². The predicted molar refractivity (Wildman–Crippen MR) is 113 cm³/mol. The Labute approximate surface area is 172 Å². The molecule has 0 bridgehead atoms. The second-order valence-electron chi connectivity index (χ2n) is 7.35. The van der Waals surface area contributed by atoms with Gasteiger partial charge in [-0.05, 0) is 30.5 Å². The minimum absolute atomic E-state index is 0.0487. The Morgan fingerprint density at radius 2 is 1.79 bits per heavy atom. The zero-order chi connectivity index (χ0) is 19.8. The van der Waals surface area contributed by atoms with Crippen molar-refractivity contribution in [3.63, 3.8) is 0 Å². The van der Waals surface area contributed by atoms with Gasteiger partial charge in [-0.2, -0.15) is 16.1 Å². The molecule has 0 atom stereocenters. The van der Waals surface area contributed by atoms with E-state index in [-0.39, 0.29) is 11.7 Å². The van der Waals surface area contributed by atoms with Crippen LogP contribution in [0.25, 0.3) is 0 Å². The smallest absolute Gasteiger partial charge is 0.251 e. The maximum atomic E-state index is 12.5. The molecule has 0 spiro atoms. The molecule has 0 unspecified atom stereocenters. The van der Waals surface area contributed by atoms with E-state index in [9.17, 15) is 13.2 Å². The van der Waals surface area contributed by atoms with Crippen LogP contribution in [0.4, 0.5) is 0 Å². The predicted octanol–water partition coefficient (Wildman–Crippen LogP) is 2.64. The number of carbonyl (C=O) groups excluding carboxylic acids is 1. The Balaban J connectivity index is 1.43. The molecule has 1 saturated heterocycles. The van der Waals surface area contributed by atoms with Gasteiger partial charge in [0.25, 0.3) is 5.91 Å². The highest BCUT2D eigenvalue weighted by molar-refractivity contribution is 7.99. The molecule has 1 aromatic rings. The van der Waals surface area contributed by atoms with Gasteiger partial charge in [-0.3, -0.25) is 4.79 Å². The molecule has 8 heteroatoms. The lowest BCUT2D eigenvalue weighted by atomic mass is 10.0. The molecular formula is C20H30N2O4S2. The average Bonchev–Trinajstić information content (AvgIpc) is 2.73. The molecule has 6 nitrogen and oxygen atoms in total. The van der Waals surface area contributed by atoms with Crippen LogP contribution in [0.1, 0.15) is 48.0 Å². The molecule has 0 aromatic heterocycles. The molecule has 0 radical (unpaired) electrons. The van der Waals surface area contributed by atoms with Gasteiger partial charge in [-0.15, -0.1) is 0 Å². The van der Waals surface area contributed by atoms with Crippen LogP contribution in [0.2, 0.25) is 0 Å². The van der Waals surface area contributed by atoms with E-state index in [0.717, 1.165) is 11.0 Å². The maximum Gasteiger partial charge on any atom is 0.251 e. The van der Waals surface area contributed by atoms with Gasteiger partial charge < -0.3 is 10.1 Å².